The van der Waals surface area contributed by atoms with Gasteiger partial charge in [-0.2, -0.15) is 5.26 Å². The summed E-state index contributed by atoms with van der Waals surface area (Å²) < 4.78 is 7.21. The average Bonchev–Trinajstić information content (AvgIpc) is 3.11. The fourth-order valence-electron chi connectivity index (χ4n) is 3.65. The lowest BCUT2D eigenvalue weighted by Gasteiger charge is -2.24. The fourth-order valence-corrected chi connectivity index (χ4v) is 5.07. The molecule has 1 aliphatic rings. The standard InChI is InChI=1S/C24H17Cl2N3O3S/c1-2-32-24(31)20-19(14-5-9-16(26)10-6-14)17(12-27)21(28)29-22(30)18(33-23(20)29)11-13-3-7-15(25)8-4-13/h3-11,19H,2,28H2,1H3/b18-11+. The van der Waals surface area contributed by atoms with E-state index in [1.54, 1.807) is 61.5 Å². The summed E-state index contributed by atoms with van der Waals surface area (Å²) in [7, 11) is 0. The van der Waals surface area contributed by atoms with E-state index in [2.05, 4.69) is 6.07 Å². The van der Waals surface area contributed by atoms with E-state index in [-0.39, 0.29) is 23.6 Å². The molecule has 166 valence electrons. The number of ether oxygens (including phenoxy) is 1. The molecule has 3 aromatic rings. The van der Waals surface area contributed by atoms with E-state index in [0.717, 1.165) is 16.9 Å². The van der Waals surface area contributed by atoms with E-state index >= 15 is 0 Å². The SMILES string of the molecule is CCOC(=O)C1=c2s/c(=C/c3ccc(Cl)cc3)c(=O)n2C(N)=C(C#N)C1c1ccc(Cl)cc1. The summed E-state index contributed by atoms with van der Waals surface area (Å²) in [5.74, 6) is -1.43. The maximum Gasteiger partial charge on any atom is 0.338 e. The minimum Gasteiger partial charge on any atom is -0.463 e. The number of nitrogens with two attached hydrogens (primary N) is 1. The number of rotatable bonds is 4. The summed E-state index contributed by atoms with van der Waals surface area (Å²) in [5.41, 5.74) is 7.57. The molecular formula is C24H17Cl2N3O3S. The van der Waals surface area contributed by atoms with Gasteiger partial charge < -0.3 is 10.5 Å². The lowest BCUT2D eigenvalue weighted by Crippen LogP contribution is -2.40. The van der Waals surface area contributed by atoms with Crippen molar-refractivity contribution in [1.82, 2.24) is 4.57 Å². The van der Waals surface area contributed by atoms with Crippen LogP contribution in [0.3, 0.4) is 0 Å². The first-order valence-electron chi connectivity index (χ1n) is 9.91. The van der Waals surface area contributed by atoms with Gasteiger partial charge in [-0.3, -0.25) is 9.36 Å². The number of carbonyl (C=O) groups excluding carboxylic acids is 1. The lowest BCUT2D eigenvalue weighted by molar-refractivity contribution is -0.136. The van der Waals surface area contributed by atoms with Gasteiger partial charge in [0.15, 0.2) is 0 Å². The normalized spacial score (nSPS) is 15.9. The van der Waals surface area contributed by atoms with Gasteiger partial charge in [-0.1, -0.05) is 47.5 Å². The molecule has 9 heteroatoms. The molecule has 0 saturated heterocycles. The van der Waals surface area contributed by atoms with Gasteiger partial charge in [-0.05, 0) is 48.4 Å². The molecule has 1 aliphatic heterocycles. The molecule has 0 radical (unpaired) electrons. The summed E-state index contributed by atoms with van der Waals surface area (Å²) in [5, 5.41) is 11.0. The van der Waals surface area contributed by atoms with Gasteiger partial charge in [0.1, 0.15) is 10.5 Å². The van der Waals surface area contributed by atoms with Gasteiger partial charge in [0.25, 0.3) is 5.56 Å². The number of allylic oxidation sites excluding steroid dienone is 1. The predicted molar refractivity (Wildman–Crippen MR) is 130 cm³/mol. The largest absolute Gasteiger partial charge is 0.463 e. The molecule has 0 spiro atoms. The fraction of sp³-hybridized carbons (Fsp3) is 0.125. The smallest absolute Gasteiger partial charge is 0.338 e. The first-order chi connectivity index (χ1) is 15.8. The Bertz CT molecular complexity index is 1490. The summed E-state index contributed by atoms with van der Waals surface area (Å²) >= 11 is 13.1. The van der Waals surface area contributed by atoms with E-state index < -0.39 is 17.4 Å². The number of aromatic nitrogens is 1. The number of esters is 1. The number of thiazole rings is 1. The van der Waals surface area contributed by atoms with Crippen molar-refractivity contribution in [2.24, 2.45) is 5.73 Å². The van der Waals surface area contributed by atoms with Crippen LogP contribution in [0.1, 0.15) is 24.0 Å². The molecule has 1 aromatic heterocycles. The Hall–Kier alpha value is -3.31. The third-order valence-electron chi connectivity index (χ3n) is 5.14. The van der Waals surface area contributed by atoms with Crippen molar-refractivity contribution in [3.8, 4) is 6.07 Å². The molecule has 2 heterocycles. The Morgan fingerprint density at radius 3 is 2.36 bits per heavy atom. The van der Waals surface area contributed by atoms with Crippen LogP contribution in [0.5, 0.6) is 0 Å². The van der Waals surface area contributed by atoms with Crippen molar-refractivity contribution in [1.29, 1.82) is 5.26 Å². The third kappa shape index (κ3) is 4.21. The highest BCUT2D eigenvalue weighted by molar-refractivity contribution is 7.07. The number of fused-ring (bicyclic) bond motifs is 1. The van der Waals surface area contributed by atoms with Crippen LogP contribution in [-0.2, 0) is 9.53 Å². The minimum atomic E-state index is -0.798. The van der Waals surface area contributed by atoms with Crippen LogP contribution >= 0.6 is 34.5 Å². The highest BCUT2D eigenvalue weighted by Gasteiger charge is 2.36. The predicted octanol–water partition coefficient (Wildman–Crippen LogP) is 3.21. The molecule has 1 unspecified atom stereocenters. The molecule has 2 N–H and O–H groups in total. The Labute approximate surface area is 203 Å². The van der Waals surface area contributed by atoms with E-state index in [1.165, 1.54) is 4.57 Å². The van der Waals surface area contributed by atoms with Crippen molar-refractivity contribution in [2.45, 2.75) is 12.8 Å². The Morgan fingerprint density at radius 1 is 1.18 bits per heavy atom. The number of halogens is 2. The highest BCUT2D eigenvalue weighted by atomic mass is 35.5. The van der Waals surface area contributed by atoms with Gasteiger partial charge in [0.05, 0.1) is 34.3 Å². The average molecular weight is 498 g/mol. The zero-order valence-electron chi connectivity index (χ0n) is 17.3. The molecule has 0 aliphatic carbocycles. The van der Waals surface area contributed by atoms with E-state index in [0.29, 0.717) is 24.8 Å². The van der Waals surface area contributed by atoms with Crippen molar-refractivity contribution >= 4 is 58.0 Å². The second-order valence-electron chi connectivity index (χ2n) is 7.14. The van der Waals surface area contributed by atoms with E-state index in [9.17, 15) is 14.9 Å². The number of nitriles is 1. The third-order valence-corrected chi connectivity index (χ3v) is 6.75. The van der Waals surface area contributed by atoms with E-state index in [1.807, 2.05) is 0 Å². The topological polar surface area (TPSA) is 98.1 Å². The van der Waals surface area contributed by atoms with Crippen molar-refractivity contribution in [3.63, 3.8) is 0 Å². The summed E-state index contributed by atoms with van der Waals surface area (Å²) in [6.45, 7) is 1.82. The van der Waals surface area contributed by atoms with Gasteiger partial charge in [-0.25, -0.2) is 4.79 Å². The van der Waals surface area contributed by atoms with Crippen LogP contribution in [0.2, 0.25) is 10.0 Å². The monoisotopic (exact) mass is 497 g/mol. The number of nitrogens with zero attached hydrogens (tertiary/aromatic N) is 2. The summed E-state index contributed by atoms with van der Waals surface area (Å²) in [6, 6.07) is 15.8. The number of benzene rings is 2. The van der Waals surface area contributed by atoms with Gasteiger partial charge >= 0.3 is 5.97 Å². The number of hydrogen-bond acceptors (Lipinski definition) is 6. The second-order valence-corrected chi connectivity index (χ2v) is 9.04. The Morgan fingerprint density at radius 2 is 1.79 bits per heavy atom. The summed E-state index contributed by atoms with van der Waals surface area (Å²) in [6.07, 6.45) is 1.69. The van der Waals surface area contributed by atoms with Crippen molar-refractivity contribution < 1.29 is 9.53 Å². The molecule has 0 saturated carbocycles. The van der Waals surface area contributed by atoms with Crippen LogP contribution < -0.4 is 20.5 Å². The zero-order chi connectivity index (χ0) is 23.7. The van der Waals surface area contributed by atoms with Crippen molar-refractivity contribution in [3.05, 3.63) is 94.8 Å². The quantitative estimate of drug-likeness (QED) is 0.558. The summed E-state index contributed by atoms with van der Waals surface area (Å²) in [4.78, 5) is 26.4. The Kier molecular flexibility index (Phi) is 6.43. The van der Waals surface area contributed by atoms with Crippen LogP contribution in [0.4, 0.5) is 0 Å². The molecule has 33 heavy (non-hydrogen) atoms. The van der Waals surface area contributed by atoms with Crippen LogP contribution in [0.25, 0.3) is 17.5 Å². The van der Waals surface area contributed by atoms with Crippen LogP contribution in [-0.4, -0.2) is 17.1 Å². The highest BCUT2D eigenvalue weighted by Crippen LogP contribution is 2.37. The number of carbonyl (C=O) groups is 1. The van der Waals surface area contributed by atoms with Crippen molar-refractivity contribution in [2.75, 3.05) is 6.61 Å². The van der Waals surface area contributed by atoms with Gasteiger partial charge in [-0.15, -0.1) is 11.3 Å². The molecule has 2 aromatic carbocycles. The second kappa shape index (κ2) is 9.28. The maximum absolute atomic E-state index is 13.3. The van der Waals surface area contributed by atoms with E-state index in [4.69, 9.17) is 33.7 Å². The van der Waals surface area contributed by atoms with Crippen LogP contribution in [0.15, 0.2) is 58.9 Å². The first-order valence-corrected chi connectivity index (χ1v) is 11.5. The molecule has 0 fully saturated rings. The molecule has 6 nitrogen and oxygen atoms in total. The van der Waals surface area contributed by atoms with Gasteiger partial charge in [0, 0.05) is 10.0 Å². The number of hydrogen-bond donors (Lipinski definition) is 1. The minimum absolute atomic E-state index is 0.0162. The maximum atomic E-state index is 13.3. The Balaban J connectivity index is 2.08. The zero-order valence-corrected chi connectivity index (χ0v) is 19.7. The van der Waals surface area contributed by atoms with Crippen LogP contribution in [0, 0.1) is 11.3 Å². The molecule has 4 rings (SSSR count). The first kappa shape index (κ1) is 22.9. The molecule has 0 amide bonds. The molecule has 1 atom stereocenters. The van der Waals surface area contributed by atoms with Gasteiger partial charge in [0.2, 0.25) is 0 Å². The molecule has 0 bridgehead atoms. The molecular weight excluding hydrogens is 481 g/mol. The lowest BCUT2D eigenvalue weighted by atomic mass is 9.84.